The molecule has 0 N–H and O–H groups in total. The Labute approximate surface area is 175 Å². The van der Waals surface area contributed by atoms with E-state index in [2.05, 4.69) is 84.6 Å². The van der Waals surface area contributed by atoms with Crippen LogP contribution in [0.5, 0.6) is 0 Å². The molecule has 0 heterocycles. The molecular formula is C27H41N. The molecule has 0 aliphatic carbocycles. The Morgan fingerprint density at radius 1 is 0.393 bits per heavy atom. The number of hydrogen-bond donors (Lipinski definition) is 0. The predicted octanol–water partition coefficient (Wildman–Crippen LogP) is 9.57. The molecule has 28 heavy (non-hydrogen) atoms. The van der Waals surface area contributed by atoms with Crippen molar-refractivity contribution in [2.24, 2.45) is 0 Å². The van der Waals surface area contributed by atoms with E-state index in [0.717, 1.165) is 0 Å². The van der Waals surface area contributed by atoms with E-state index < -0.39 is 0 Å². The molecule has 0 fully saturated rings. The molecular weight excluding hydrogens is 338 g/mol. The van der Waals surface area contributed by atoms with Crippen molar-refractivity contribution in [3.05, 3.63) is 90.5 Å². The summed E-state index contributed by atoms with van der Waals surface area (Å²) in [5.41, 5.74) is 4.79. The Morgan fingerprint density at radius 3 is 1.00 bits per heavy atom. The van der Waals surface area contributed by atoms with E-state index in [-0.39, 0.29) is 0 Å². The normalized spacial score (nSPS) is 8.18. The zero-order valence-electron chi connectivity index (χ0n) is 19.5. The second-order valence-electron chi connectivity index (χ2n) is 4.84. The zero-order valence-corrected chi connectivity index (χ0v) is 19.5. The van der Waals surface area contributed by atoms with Crippen LogP contribution in [0, 0.1) is 6.92 Å². The SMILES string of the molecule is CC.CC.CC.CC.Cc1ccc(N(c2ccccc2)c2ccccc2)cc1. The fourth-order valence-corrected chi connectivity index (χ4v) is 2.30. The molecule has 3 aromatic rings. The van der Waals surface area contributed by atoms with Gasteiger partial charge in [-0.05, 0) is 43.3 Å². The number of rotatable bonds is 3. The molecule has 0 saturated carbocycles. The molecule has 154 valence electrons. The number of para-hydroxylation sites is 2. The van der Waals surface area contributed by atoms with Gasteiger partial charge in [0.05, 0.1) is 0 Å². The zero-order chi connectivity index (χ0) is 21.8. The van der Waals surface area contributed by atoms with Gasteiger partial charge in [-0.15, -0.1) is 0 Å². The summed E-state index contributed by atoms with van der Waals surface area (Å²) in [6, 6.07) is 29.5. The smallest absolute Gasteiger partial charge is 0.0461 e. The number of benzene rings is 3. The predicted molar refractivity (Wildman–Crippen MR) is 131 cm³/mol. The highest BCUT2D eigenvalue weighted by Crippen LogP contribution is 2.33. The van der Waals surface area contributed by atoms with E-state index in [1.165, 1.54) is 22.6 Å². The fourth-order valence-electron chi connectivity index (χ4n) is 2.30. The van der Waals surface area contributed by atoms with Crippen LogP contribution in [0.25, 0.3) is 0 Å². The van der Waals surface area contributed by atoms with Crippen LogP contribution >= 0.6 is 0 Å². The van der Waals surface area contributed by atoms with Gasteiger partial charge < -0.3 is 4.90 Å². The summed E-state index contributed by atoms with van der Waals surface area (Å²) in [6.45, 7) is 18.1. The maximum atomic E-state index is 2.26. The first-order chi connectivity index (χ1) is 13.8. The first kappa shape index (κ1) is 27.7. The third-order valence-corrected chi connectivity index (χ3v) is 3.32. The minimum absolute atomic E-state index is 1.17. The summed E-state index contributed by atoms with van der Waals surface area (Å²) in [5.74, 6) is 0. The molecule has 0 unspecified atom stereocenters. The lowest BCUT2D eigenvalue weighted by molar-refractivity contribution is 1.27. The number of nitrogens with zero attached hydrogens (tertiary/aromatic N) is 1. The van der Waals surface area contributed by atoms with Crippen LogP contribution in [0.1, 0.15) is 61.0 Å². The molecule has 0 aliphatic rings. The molecule has 0 aromatic heterocycles. The van der Waals surface area contributed by atoms with Crippen molar-refractivity contribution < 1.29 is 0 Å². The molecule has 1 nitrogen and oxygen atoms in total. The highest BCUT2D eigenvalue weighted by Gasteiger charge is 2.10. The second kappa shape index (κ2) is 19.2. The van der Waals surface area contributed by atoms with Gasteiger partial charge in [0.1, 0.15) is 0 Å². The molecule has 0 bridgehead atoms. The summed E-state index contributed by atoms with van der Waals surface area (Å²) in [4.78, 5) is 2.26. The molecule has 0 radical (unpaired) electrons. The average Bonchev–Trinajstić information content (AvgIpc) is 2.82. The van der Waals surface area contributed by atoms with Gasteiger partial charge in [0.25, 0.3) is 0 Å². The van der Waals surface area contributed by atoms with E-state index in [4.69, 9.17) is 0 Å². The Hall–Kier alpha value is -2.54. The monoisotopic (exact) mass is 379 g/mol. The van der Waals surface area contributed by atoms with Crippen LogP contribution < -0.4 is 4.90 Å². The standard InChI is InChI=1S/C19H17N.4C2H6/c1-16-12-14-19(15-13-16)20(17-8-4-2-5-9-17)18-10-6-3-7-11-18;4*1-2/h2-15H,1H3;4*1-2H3. The Kier molecular flexibility index (Phi) is 19.0. The van der Waals surface area contributed by atoms with Crippen LogP contribution in [0.4, 0.5) is 17.1 Å². The summed E-state index contributed by atoms with van der Waals surface area (Å²) in [6.07, 6.45) is 0. The van der Waals surface area contributed by atoms with Crippen LogP contribution in [0.3, 0.4) is 0 Å². The van der Waals surface area contributed by atoms with E-state index in [0.29, 0.717) is 0 Å². The first-order valence-electron chi connectivity index (χ1n) is 10.8. The summed E-state index contributed by atoms with van der Waals surface area (Å²) in [5, 5.41) is 0. The van der Waals surface area contributed by atoms with Crippen molar-refractivity contribution in [1.29, 1.82) is 0 Å². The van der Waals surface area contributed by atoms with Gasteiger partial charge in [-0.3, -0.25) is 0 Å². The fraction of sp³-hybridized carbons (Fsp3) is 0.333. The van der Waals surface area contributed by atoms with Crippen molar-refractivity contribution in [2.75, 3.05) is 4.90 Å². The van der Waals surface area contributed by atoms with E-state index in [1.54, 1.807) is 0 Å². The van der Waals surface area contributed by atoms with E-state index in [9.17, 15) is 0 Å². The number of aryl methyl sites for hydroxylation is 1. The third kappa shape index (κ3) is 9.41. The number of anilines is 3. The van der Waals surface area contributed by atoms with Crippen molar-refractivity contribution >= 4 is 17.1 Å². The van der Waals surface area contributed by atoms with Crippen molar-refractivity contribution in [2.45, 2.75) is 62.3 Å². The minimum atomic E-state index is 1.17. The summed E-state index contributed by atoms with van der Waals surface area (Å²) in [7, 11) is 0. The topological polar surface area (TPSA) is 3.24 Å². The molecule has 0 saturated heterocycles. The van der Waals surface area contributed by atoms with Crippen molar-refractivity contribution in [1.82, 2.24) is 0 Å². The van der Waals surface area contributed by atoms with Gasteiger partial charge in [0.15, 0.2) is 0 Å². The summed E-state index contributed by atoms with van der Waals surface area (Å²) >= 11 is 0. The van der Waals surface area contributed by atoms with Gasteiger partial charge in [0, 0.05) is 17.1 Å². The quantitative estimate of drug-likeness (QED) is 0.438. The lowest BCUT2D eigenvalue weighted by Gasteiger charge is -2.25. The molecule has 3 rings (SSSR count). The van der Waals surface area contributed by atoms with Gasteiger partial charge in [-0.2, -0.15) is 0 Å². The summed E-state index contributed by atoms with van der Waals surface area (Å²) < 4.78 is 0. The molecule has 0 amide bonds. The molecule has 1 heteroatoms. The van der Waals surface area contributed by atoms with Crippen molar-refractivity contribution in [3.8, 4) is 0 Å². The third-order valence-electron chi connectivity index (χ3n) is 3.32. The van der Waals surface area contributed by atoms with Gasteiger partial charge in [0.2, 0.25) is 0 Å². The van der Waals surface area contributed by atoms with Gasteiger partial charge >= 0.3 is 0 Å². The van der Waals surface area contributed by atoms with Crippen LogP contribution in [-0.2, 0) is 0 Å². The van der Waals surface area contributed by atoms with E-state index >= 15 is 0 Å². The van der Waals surface area contributed by atoms with Gasteiger partial charge in [-0.1, -0.05) is 109 Å². The minimum Gasteiger partial charge on any atom is -0.311 e. The lowest BCUT2D eigenvalue weighted by Crippen LogP contribution is -2.09. The molecule has 3 aromatic carbocycles. The maximum Gasteiger partial charge on any atom is 0.0461 e. The molecule has 0 atom stereocenters. The second-order valence-corrected chi connectivity index (χ2v) is 4.84. The molecule has 0 aliphatic heterocycles. The van der Waals surface area contributed by atoms with Crippen molar-refractivity contribution in [3.63, 3.8) is 0 Å². The van der Waals surface area contributed by atoms with E-state index in [1.807, 2.05) is 67.5 Å². The van der Waals surface area contributed by atoms with Crippen LogP contribution in [0.15, 0.2) is 84.9 Å². The number of hydrogen-bond acceptors (Lipinski definition) is 1. The Bertz CT molecular complexity index is 618. The van der Waals surface area contributed by atoms with Gasteiger partial charge in [-0.25, -0.2) is 0 Å². The Morgan fingerprint density at radius 2 is 0.679 bits per heavy atom. The van der Waals surface area contributed by atoms with Crippen LogP contribution in [-0.4, -0.2) is 0 Å². The first-order valence-corrected chi connectivity index (χ1v) is 10.8. The lowest BCUT2D eigenvalue weighted by atomic mass is 10.1. The maximum absolute atomic E-state index is 2.26. The highest BCUT2D eigenvalue weighted by atomic mass is 15.1. The highest BCUT2D eigenvalue weighted by molar-refractivity contribution is 5.76. The molecule has 0 spiro atoms. The largest absolute Gasteiger partial charge is 0.311 e. The average molecular weight is 380 g/mol. The Balaban J connectivity index is 0. The van der Waals surface area contributed by atoms with Crippen LogP contribution in [0.2, 0.25) is 0 Å².